The van der Waals surface area contributed by atoms with Gasteiger partial charge in [0.1, 0.15) is 0 Å². The number of rotatable bonds is 6. The maximum Gasteiger partial charge on any atom is 0.305 e. The summed E-state index contributed by atoms with van der Waals surface area (Å²) in [7, 11) is 1.85. The molecule has 0 amide bonds. The van der Waals surface area contributed by atoms with Crippen molar-refractivity contribution in [2.24, 2.45) is 7.05 Å². The molecule has 0 saturated carbocycles. The van der Waals surface area contributed by atoms with E-state index in [0.717, 1.165) is 24.2 Å². The quantitative estimate of drug-likeness (QED) is 0.761. The van der Waals surface area contributed by atoms with Gasteiger partial charge in [0.2, 0.25) is 0 Å². The predicted molar refractivity (Wildman–Crippen MR) is 61.3 cm³/mol. The van der Waals surface area contributed by atoms with Crippen molar-refractivity contribution in [1.82, 2.24) is 15.1 Å². The fourth-order valence-corrected chi connectivity index (χ4v) is 1.83. The van der Waals surface area contributed by atoms with Crippen LogP contribution >= 0.6 is 0 Å². The first-order valence-electron chi connectivity index (χ1n) is 5.56. The molecule has 0 fully saturated rings. The maximum atomic E-state index is 10.8. The summed E-state index contributed by atoms with van der Waals surface area (Å²) in [6.07, 6.45) is 2.80. The average molecular weight is 225 g/mol. The number of aliphatic carboxylic acids is 1. The summed E-state index contributed by atoms with van der Waals surface area (Å²) in [6, 6.07) is -0.147. The Hall–Kier alpha value is -1.36. The van der Waals surface area contributed by atoms with E-state index < -0.39 is 5.97 Å². The van der Waals surface area contributed by atoms with Crippen LogP contribution in [-0.2, 0) is 18.3 Å². The largest absolute Gasteiger partial charge is 0.481 e. The minimum atomic E-state index is -0.795. The standard InChI is InChI=1S/C11H19N3O2/c1-4-9-8(7-14(3)13-9)10(12-5-2)6-11(15)16/h7,10,12H,4-6H2,1-3H3,(H,15,16). The van der Waals surface area contributed by atoms with Crippen LogP contribution in [0.4, 0.5) is 0 Å². The Morgan fingerprint density at radius 2 is 2.31 bits per heavy atom. The molecule has 90 valence electrons. The van der Waals surface area contributed by atoms with E-state index in [0.29, 0.717) is 0 Å². The first kappa shape index (κ1) is 12.7. The minimum Gasteiger partial charge on any atom is -0.481 e. The van der Waals surface area contributed by atoms with E-state index in [-0.39, 0.29) is 12.5 Å². The molecule has 16 heavy (non-hydrogen) atoms. The number of aromatic nitrogens is 2. The van der Waals surface area contributed by atoms with Crippen molar-refractivity contribution in [2.75, 3.05) is 6.54 Å². The second-order valence-corrected chi connectivity index (χ2v) is 3.77. The van der Waals surface area contributed by atoms with Crippen LogP contribution in [0.1, 0.15) is 37.6 Å². The van der Waals surface area contributed by atoms with Crippen LogP contribution < -0.4 is 5.32 Å². The van der Waals surface area contributed by atoms with Gasteiger partial charge in [-0.2, -0.15) is 5.10 Å². The number of nitrogens with one attached hydrogen (secondary N) is 1. The molecule has 0 saturated heterocycles. The van der Waals surface area contributed by atoms with Gasteiger partial charge < -0.3 is 10.4 Å². The molecule has 0 aliphatic carbocycles. The molecule has 1 heterocycles. The first-order chi connectivity index (χ1) is 7.58. The summed E-state index contributed by atoms with van der Waals surface area (Å²) < 4.78 is 1.74. The van der Waals surface area contributed by atoms with E-state index in [9.17, 15) is 4.79 Å². The molecular weight excluding hydrogens is 206 g/mol. The molecule has 5 nitrogen and oxygen atoms in total. The molecular formula is C11H19N3O2. The van der Waals surface area contributed by atoms with E-state index in [1.54, 1.807) is 4.68 Å². The summed E-state index contributed by atoms with van der Waals surface area (Å²) in [5.74, 6) is -0.795. The van der Waals surface area contributed by atoms with Gasteiger partial charge in [0.05, 0.1) is 12.1 Å². The Morgan fingerprint density at radius 1 is 1.62 bits per heavy atom. The van der Waals surface area contributed by atoms with E-state index in [1.165, 1.54) is 0 Å². The Morgan fingerprint density at radius 3 is 2.81 bits per heavy atom. The van der Waals surface area contributed by atoms with Gasteiger partial charge in [0.25, 0.3) is 0 Å². The highest BCUT2D eigenvalue weighted by Gasteiger charge is 2.19. The second kappa shape index (κ2) is 5.65. The molecule has 1 unspecified atom stereocenters. The van der Waals surface area contributed by atoms with Gasteiger partial charge in [0, 0.05) is 24.8 Å². The molecule has 1 atom stereocenters. The third kappa shape index (κ3) is 3.06. The molecule has 0 bridgehead atoms. The fourth-order valence-electron chi connectivity index (χ4n) is 1.83. The molecule has 1 aromatic rings. The zero-order valence-electron chi connectivity index (χ0n) is 10.0. The number of carboxylic acids is 1. The number of nitrogens with zero attached hydrogens (tertiary/aromatic N) is 2. The zero-order valence-corrected chi connectivity index (χ0v) is 10.0. The lowest BCUT2D eigenvalue weighted by Crippen LogP contribution is -2.24. The molecule has 0 aromatic carbocycles. The van der Waals surface area contributed by atoms with Crippen molar-refractivity contribution in [3.8, 4) is 0 Å². The van der Waals surface area contributed by atoms with Crippen molar-refractivity contribution >= 4 is 5.97 Å². The van der Waals surface area contributed by atoms with Gasteiger partial charge in [-0.05, 0) is 13.0 Å². The van der Waals surface area contributed by atoms with Gasteiger partial charge in [-0.25, -0.2) is 0 Å². The van der Waals surface area contributed by atoms with Crippen LogP contribution in [0.2, 0.25) is 0 Å². The lowest BCUT2D eigenvalue weighted by molar-refractivity contribution is -0.137. The highest BCUT2D eigenvalue weighted by Crippen LogP contribution is 2.20. The smallest absolute Gasteiger partial charge is 0.305 e. The lowest BCUT2D eigenvalue weighted by Gasteiger charge is -2.15. The highest BCUT2D eigenvalue weighted by atomic mass is 16.4. The number of carbonyl (C=O) groups is 1. The predicted octanol–water partition coefficient (Wildman–Crippen LogP) is 1.11. The molecule has 0 aliphatic rings. The Balaban J connectivity index is 2.94. The SMILES string of the molecule is CCNC(CC(=O)O)c1cn(C)nc1CC. The Kier molecular flexibility index (Phi) is 4.49. The summed E-state index contributed by atoms with van der Waals surface area (Å²) >= 11 is 0. The Bertz CT molecular complexity index is 360. The lowest BCUT2D eigenvalue weighted by atomic mass is 10.0. The number of aryl methyl sites for hydroxylation is 2. The van der Waals surface area contributed by atoms with E-state index in [1.807, 2.05) is 27.1 Å². The van der Waals surface area contributed by atoms with Crippen molar-refractivity contribution in [3.63, 3.8) is 0 Å². The summed E-state index contributed by atoms with van der Waals surface area (Å²) in [4.78, 5) is 10.8. The molecule has 0 aliphatic heterocycles. The van der Waals surface area contributed by atoms with Gasteiger partial charge in [-0.1, -0.05) is 13.8 Å². The first-order valence-corrected chi connectivity index (χ1v) is 5.56. The zero-order chi connectivity index (χ0) is 12.1. The van der Waals surface area contributed by atoms with Crippen LogP contribution in [0, 0.1) is 0 Å². The maximum absolute atomic E-state index is 10.8. The molecule has 0 radical (unpaired) electrons. The normalized spacial score (nSPS) is 12.7. The van der Waals surface area contributed by atoms with Crippen LogP contribution in [0.15, 0.2) is 6.20 Å². The van der Waals surface area contributed by atoms with Crippen LogP contribution in [0.3, 0.4) is 0 Å². The second-order valence-electron chi connectivity index (χ2n) is 3.77. The highest BCUT2D eigenvalue weighted by molar-refractivity contribution is 5.68. The van der Waals surface area contributed by atoms with Gasteiger partial charge in [-0.15, -0.1) is 0 Å². The average Bonchev–Trinajstić information content (AvgIpc) is 2.58. The van der Waals surface area contributed by atoms with Gasteiger partial charge in [-0.3, -0.25) is 9.48 Å². The van der Waals surface area contributed by atoms with Crippen LogP contribution in [-0.4, -0.2) is 27.4 Å². The van der Waals surface area contributed by atoms with Gasteiger partial charge in [0.15, 0.2) is 0 Å². The number of hydrogen-bond acceptors (Lipinski definition) is 3. The number of hydrogen-bond donors (Lipinski definition) is 2. The van der Waals surface area contributed by atoms with E-state index >= 15 is 0 Å². The Labute approximate surface area is 95.5 Å². The van der Waals surface area contributed by atoms with Gasteiger partial charge >= 0.3 is 5.97 Å². The topological polar surface area (TPSA) is 67.2 Å². The monoisotopic (exact) mass is 225 g/mol. The molecule has 1 aromatic heterocycles. The van der Waals surface area contributed by atoms with Crippen LogP contribution in [0.25, 0.3) is 0 Å². The van der Waals surface area contributed by atoms with Crippen LogP contribution in [0.5, 0.6) is 0 Å². The fraction of sp³-hybridized carbons (Fsp3) is 0.636. The molecule has 2 N–H and O–H groups in total. The van der Waals surface area contributed by atoms with Crippen molar-refractivity contribution in [2.45, 2.75) is 32.7 Å². The minimum absolute atomic E-state index is 0.0898. The van der Waals surface area contributed by atoms with Crippen molar-refractivity contribution in [1.29, 1.82) is 0 Å². The third-order valence-corrected chi connectivity index (χ3v) is 2.48. The van der Waals surface area contributed by atoms with E-state index in [2.05, 4.69) is 10.4 Å². The summed E-state index contributed by atoms with van der Waals surface area (Å²) in [5.41, 5.74) is 1.96. The molecule has 0 spiro atoms. The number of carboxylic acid groups (broad SMARTS) is 1. The van der Waals surface area contributed by atoms with Crippen molar-refractivity contribution in [3.05, 3.63) is 17.5 Å². The van der Waals surface area contributed by atoms with Crippen molar-refractivity contribution < 1.29 is 9.90 Å². The molecule has 5 heteroatoms. The summed E-state index contributed by atoms with van der Waals surface area (Å²) in [6.45, 7) is 4.74. The third-order valence-electron chi connectivity index (χ3n) is 2.48. The van der Waals surface area contributed by atoms with E-state index in [4.69, 9.17) is 5.11 Å². The molecule has 1 rings (SSSR count). The summed E-state index contributed by atoms with van der Waals surface area (Å²) in [5, 5.41) is 16.4.